The Morgan fingerprint density at radius 2 is 2.12 bits per heavy atom. The molecule has 0 spiro atoms. The van der Waals surface area contributed by atoms with E-state index in [9.17, 15) is 0 Å². The minimum Gasteiger partial charge on any atom is -0.355 e. The van der Waals surface area contributed by atoms with E-state index >= 15 is 0 Å². The van der Waals surface area contributed by atoms with Crippen LogP contribution in [0, 0.1) is 0 Å². The van der Waals surface area contributed by atoms with Gasteiger partial charge in [-0.3, -0.25) is 0 Å². The second kappa shape index (κ2) is 5.48. The zero-order valence-corrected chi connectivity index (χ0v) is 10.5. The van der Waals surface area contributed by atoms with Crippen molar-refractivity contribution in [3.63, 3.8) is 0 Å². The Kier molecular flexibility index (Phi) is 3.99. The number of hydrogen-bond acceptors (Lipinski definition) is 3. The lowest BCUT2D eigenvalue weighted by Gasteiger charge is -2.26. The van der Waals surface area contributed by atoms with Crippen LogP contribution < -0.4 is 4.90 Å². The molecule has 2 rings (SSSR count). The van der Waals surface area contributed by atoms with Crippen molar-refractivity contribution in [3.05, 3.63) is 17.6 Å². The fourth-order valence-electron chi connectivity index (χ4n) is 2.29. The number of alkyl halides is 1. The summed E-state index contributed by atoms with van der Waals surface area (Å²) in [7, 11) is 0. The van der Waals surface area contributed by atoms with Crippen LogP contribution in [-0.2, 0) is 12.8 Å². The SMILES string of the molecule is CCN(CCCl)c1ncnc2c1CCCC2. The summed E-state index contributed by atoms with van der Waals surface area (Å²) >= 11 is 5.82. The third kappa shape index (κ3) is 2.29. The predicted octanol–water partition coefficient (Wildman–Crippen LogP) is 2.42. The standard InChI is InChI=1S/C12H18ClN3/c1-2-16(8-7-13)12-10-5-3-4-6-11(10)14-9-15-12/h9H,2-8H2,1H3. The maximum absolute atomic E-state index is 5.82. The number of hydrogen-bond donors (Lipinski definition) is 0. The van der Waals surface area contributed by atoms with Gasteiger partial charge in [0.05, 0.1) is 0 Å². The lowest BCUT2D eigenvalue weighted by molar-refractivity contribution is 0.656. The van der Waals surface area contributed by atoms with Gasteiger partial charge in [0.15, 0.2) is 0 Å². The van der Waals surface area contributed by atoms with Crippen molar-refractivity contribution >= 4 is 17.4 Å². The lowest BCUT2D eigenvalue weighted by Crippen LogP contribution is -2.28. The van der Waals surface area contributed by atoms with E-state index in [1.165, 1.54) is 24.1 Å². The quantitative estimate of drug-likeness (QED) is 0.756. The van der Waals surface area contributed by atoms with Gasteiger partial charge in [-0.15, -0.1) is 11.6 Å². The number of halogens is 1. The zero-order valence-electron chi connectivity index (χ0n) is 9.75. The van der Waals surface area contributed by atoms with Crippen LogP contribution in [0.3, 0.4) is 0 Å². The van der Waals surface area contributed by atoms with Crippen LogP contribution in [0.15, 0.2) is 6.33 Å². The molecule has 1 heterocycles. The summed E-state index contributed by atoms with van der Waals surface area (Å²) in [6, 6.07) is 0. The molecule has 3 nitrogen and oxygen atoms in total. The van der Waals surface area contributed by atoms with E-state index in [1.54, 1.807) is 6.33 Å². The molecule has 0 amide bonds. The first kappa shape index (κ1) is 11.6. The average Bonchev–Trinajstić information content (AvgIpc) is 2.35. The highest BCUT2D eigenvalue weighted by Crippen LogP contribution is 2.26. The average molecular weight is 240 g/mol. The van der Waals surface area contributed by atoms with Crippen molar-refractivity contribution in [1.29, 1.82) is 0 Å². The number of aryl methyl sites for hydroxylation is 1. The summed E-state index contributed by atoms with van der Waals surface area (Å²) in [4.78, 5) is 11.1. The summed E-state index contributed by atoms with van der Waals surface area (Å²) in [5.41, 5.74) is 2.59. The van der Waals surface area contributed by atoms with Gasteiger partial charge in [-0.25, -0.2) is 9.97 Å². The summed E-state index contributed by atoms with van der Waals surface area (Å²) in [6.45, 7) is 3.96. The van der Waals surface area contributed by atoms with E-state index in [0.29, 0.717) is 5.88 Å². The number of nitrogens with zero attached hydrogens (tertiary/aromatic N) is 3. The Morgan fingerprint density at radius 1 is 1.31 bits per heavy atom. The van der Waals surface area contributed by atoms with E-state index in [2.05, 4.69) is 21.8 Å². The molecule has 0 unspecified atom stereocenters. The monoisotopic (exact) mass is 239 g/mol. The number of aromatic nitrogens is 2. The molecule has 0 saturated carbocycles. The normalized spacial score (nSPS) is 14.6. The molecular formula is C12H18ClN3. The van der Waals surface area contributed by atoms with Gasteiger partial charge in [-0.1, -0.05) is 0 Å². The van der Waals surface area contributed by atoms with Gasteiger partial charge in [0.2, 0.25) is 0 Å². The van der Waals surface area contributed by atoms with Gasteiger partial charge in [0.1, 0.15) is 12.1 Å². The molecule has 4 heteroatoms. The third-order valence-electron chi connectivity index (χ3n) is 3.14. The van der Waals surface area contributed by atoms with Crippen LogP contribution in [0.2, 0.25) is 0 Å². The molecule has 0 aliphatic heterocycles. The molecule has 88 valence electrons. The molecule has 0 radical (unpaired) electrons. The fourth-order valence-corrected chi connectivity index (χ4v) is 2.50. The summed E-state index contributed by atoms with van der Waals surface area (Å²) in [5.74, 6) is 1.75. The number of anilines is 1. The van der Waals surface area contributed by atoms with Crippen LogP contribution in [0.4, 0.5) is 5.82 Å². The van der Waals surface area contributed by atoms with Crippen molar-refractivity contribution in [3.8, 4) is 0 Å². The molecule has 0 saturated heterocycles. The van der Waals surface area contributed by atoms with Crippen LogP contribution in [0.25, 0.3) is 0 Å². The van der Waals surface area contributed by atoms with Crippen LogP contribution in [0.1, 0.15) is 31.0 Å². The maximum Gasteiger partial charge on any atom is 0.135 e. The first-order valence-corrected chi connectivity index (χ1v) is 6.54. The van der Waals surface area contributed by atoms with E-state index in [-0.39, 0.29) is 0 Å². The highest BCUT2D eigenvalue weighted by Gasteiger charge is 2.18. The highest BCUT2D eigenvalue weighted by atomic mass is 35.5. The molecule has 0 fully saturated rings. The van der Waals surface area contributed by atoms with Crippen LogP contribution in [0.5, 0.6) is 0 Å². The van der Waals surface area contributed by atoms with Crippen molar-refractivity contribution in [2.45, 2.75) is 32.6 Å². The first-order chi connectivity index (χ1) is 7.86. The summed E-state index contributed by atoms with van der Waals surface area (Å²) in [5, 5.41) is 0. The minimum absolute atomic E-state index is 0.645. The van der Waals surface area contributed by atoms with E-state index in [1.807, 2.05) is 0 Å². The van der Waals surface area contributed by atoms with Gasteiger partial charge < -0.3 is 4.90 Å². The van der Waals surface area contributed by atoms with Gasteiger partial charge in [0, 0.05) is 30.2 Å². The Bertz CT molecular complexity index is 354. The lowest BCUT2D eigenvalue weighted by atomic mass is 9.96. The Balaban J connectivity index is 2.31. The molecular weight excluding hydrogens is 222 g/mol. The molecule has 0 N–H and O–H groups in total. The molecule has 1 aliphatic carbocycles. The first-order valence-electron chi connectivity index (χ1n) is 6.00. The molecule has 1 aromatic heterocycles. The minimum atomic E-state index is 0.645. The zero-order chi connectivity index (χ0) is 11.4. The summed E-state index contributed by atoms with van der Waals surface area (Å²) in [6.07, 6.45) is 6.42. The van der Waals surface area contributed by atoms with Crippen LogP contribution in [-0.4, -0.2) is 28.9 Å². The van der Waals surface area contributed by atoms with E-state index in [0.717, 1.165) is 31.7 Å². The predicted molar refractivity (Wildman–Crippen MR) is 67.3 cm³/mol. The van der Waals surface area contributed by atoms with Crippen molar-refractivity contribution in [2.24, 2.45) is 0 Å². The van der Waals surface area contributed by atoms with Crippen LogP contribution >= 0.6 is 11.6 Å². The Labute approximate surface area is 102 Å². The van der Waals surface area contributed by atoms with Gasteiger partial charge >= 0.3 is 0 Å². The smallest absolute Gasteiger partial charge is 0.135 e. The number of rotatable bonds is 4. The van der Waals surface area contributed by atoms with Gasteiger partial charge in [-0.2, -0.15) is 0 Å². The Hall–Kier alpha value is -0.830. The van der Waals surface area contributed by atoms with E-state index in [4.69, 9.17) is 11.6 Å². The fraction of sp³-hybridized carbons (Fsp3) is 0.667. The molecule has 0 atom stereocenters. The van der Waals surface area contributed by atoms with Gasteiger partial charge in [0.25, 0.3) is 0 Å². The summed E-state index contributed by atoms with van der Waals surface area (Å²) < 4.78 is 0. The second-order valence-corrected chi connectivity index (χ2v) is 4.48. The maximum atomic E-state index is 5.82. The molecule has 16 heavy (non-hydrogen) atoms. The third-order valence-corrected chi connectivity index (χ3v) is 3.31. The molecule has 1 aliphatic rings. The highest BCUT2D eigenvalue weighted by molar-refractivity contribution is 6.18. The van der Waals surface area contributed by atoms with Gasteiger partial charge in [-0.05, 0) is 32.6 Å². The topological polar surface area (TPSA) is 29.0 Å². The second-order valence-electron chi connectivity index (χ2n) is 4.10. The van der Waals surface area contributed by atoms with Crippen molar-refractivity contribution in [2.75, 3.05) is 23.9 Å². The molecule has 0 bridgehead atoms. The molecule has 0 aromatic carbocycles. The van der Waals surface area contributed by atoms with E-state index < -0.39 is 0 Å². The van der Waals surface area contributed by atoms with Crippen molar-refractivity contribution < 1.29 is 0 Å². The largest absolute Gasteiger partial charge is 0.355 e. The Morgan fingerprint density at radius 3 is 2.88 bits per heavy atom. The molecule has 1 aromatic rings. The van der Waals surface area contributed by atoms with Crippen molar-refractivity contribution in [1.82, 2.24) is 9.97 Å². The number of fused-ring (bicyclic) bond motifs is 1.